The van der Waals surface area contributed by atoms with Crippen LogP contribution in [0.3, 0.4) is 0 Å². The number of nitrogens with one attached hydrogen (secondary N) is 2. The molecule has 3 nitrogen and oxygen atoms in total. The molecule has 0 aliphatic heterocycles. The molecule has 0 aromatic heterocycles. The number of para-hydroxylation sites is 1. The maximum atomic E-state index is 12.5. The van der Waals surface area contributed by atoms with E-state index in [1.54, 1.807) is 0 Å². The minimum atomic E-state index is -4.36. The topological polar surface area (TPSA) is 41.1 Å². The van der Waals surface area contributed by atoms with Crippen molar-refractivity contribution in [1.29, 1.82) is 0 Å². The summed E-state index contributed by atoms with van der Waals surface area (Å²) >= 11 is 0. The Kier molecular flexibility index (Phi) is 5.26. The number of carbonyl (C=O) groups is 1. The minimum Gasteiger partial charge on any atom is -0.376 e. The number of aryl methyl sites for hydroxylation is 1. The van der Waals surface area contributed by atoms with Gasteiger partial charge in [0, 0.05) is 11.4 Å². The number of amides is 1. The van der Waals surface area contributed by atoms with Crippen LogP contribution in [-0.4, -0.2) is 12.5 Å². The lowest BCUT2D eigenvalue weighted by Crippen LogP contribution is -2.22. The molecule has 0 unspecified atom stereocenters. The van der Waals surface area contributed by atoms with Crippen molar-refractivity contribution in [2.75, 3.05) is 17.2 Å². The molecule has 1 amide bonds. The Morgan fingerprint density at radius 1 is 1.04 bits per heavy atom. The smallest absolute Gasteiger partial charge is 0.376 e. The van der Waals surface area contributed by atoms with Crippen LogP contribution >= 0.6 is 0 Å². The molecule has 23 heavy (non-hydrogen) atoms. The Hall–Kier alpha value is -2.50. The molecule has 122 valence electrons. The van der Waals surface area contributed by atoms with Gasteiger partial charge in [0.2, 0.25) is 5.91 Å². The summed E-state index contributed by atoms with van der Waals surface area (Å²) in [7, 11) is 0. The van der Waals surface area contributed by atoms with Crippen LogP contribution in [0.25, 0.3) is 0 Å². The zero-order valence-corrected chi connectivity index (χ0v) is 12.6. The Morgan fingerprint density at radius 2 is 1.70 bits per heavy atom. The number of benzene rings is 2. The van der Waals surface area contributed by atoms with Crippen LogP contribution in [0, 0.1) is 0 Å². The number of anilines is 2. The number of rotatable bonds is 5. The number of halogens is 3. The van der Waals surface area contributed by atoms with Gasteiger partial charge in [-0.1, -0.05) is 25.1 Å². The first kappa shape index (κ1) is 16.9. The summed E-state index contributed by atoms with van der Waals surface area (Å²) in [6.07, 6.45) is -3.57. The molecule has 0 heterocycles. The van der Waals surface area contributed by atoms with E-state index in [4.69, 9.17) is 0 Å². The highest BCUT2D eigenvalue weighted by Crippen LogP contribution is 2.29. The zero-order valence-electron chi connectivity index (χ0n) is 12.6. The average molecular weight is 322 g/mol. The Morgan fingerprint density at radius 3 is 2.30 bits per heavy atom. The predicted molar refractivity (Wildman–Crippen MR) is 84.4 cm³/mol. The van der Waals surface area contributed by atoms with Gasteiger partial charge in [-0.3, -0.25) is 4.79 Å². The van der Waals surface area contributed by atoms with E-state index < -0.39 is 11.7 Å². The molecule has 2 N–H and O–H groups in total. The average Bonchev–Trinajstić information content (AvgIpc) is 2.53. The van der Waals surface area contributed by atoms with Crippen LogP contribution in [0.2, 0.25) is 0 Å². The molecule has 0 fully saturated rings. The summed E-state index contributed by atoms with van der Waals surface area (Å²) in [5.41, 5.74) is 1.51. The normalized spacial score (nSPS) is 11.1. The highest BCUT2D eigenvalue weighted by atomic mass is 19.4. The molecular weight excluding hydrogens is 305 g/mol. The molecule has 2 rings (SSSR count). The number of hydrogen-bond acceptors (Lipinski definition) is 2. The molecule has 6 heteroatoms. The third-order valence-corrected chi connectivity index (χ3v) is 3.34. The van der Waals surface area contributed by atoms with E-state index in [2.05, 4.69) is 10.6 Å². The van der Waals surface area contributed by atoms with Crippen molar-refractivity contribution >= 4 is 17.3 Å². The molecule has 0 saturated carbocycles. The molecule has 0 aliphatic carbocycles. The van der Waals surface area contributed by atoms with Gasteiger partial charge < -0.3 is 10.6 Å². The predicted octanol–water partition coefficient (Wildman–Crippen LogP) is 4.32. The van der Waals surface area contributed by atoms with Gasteiger partial charge >= 0.3 is 6.18 Å². The van der Waals surface area contributed by atoms with E-state index in [0.29, 0.717) is 5.69 Å². The first-order valence-corrected chi connectivity index (χ1v) is 7.19. The monoisotopic (exact) mass is 322 g/mol. The summed E-state index contributed by atoms with van der Waals surface area (Å²) in [6, 6.07) is 12.0. The van der Waals surface area contributed by atoms with Crippen LogP contribution in [0.5, 0.6) is 0 Å². The van der Waals surface area contributed by atoms with Crippen molar-refractivity contribution in [1.82, 2.24) is 0 Å². The molecule has 0 spiro atoms. The summed E-state index contributed by atoms with van der Waals surface area (Å²) in [5.74, 6) is -0.259. The van der Waals surface area contributed by atoms with Crippen LogP contribution in [0.15, 0.2) is 48.5 Å². The molecule has 0 bridgehead atoms. The van der Waals surface area contributed by atoms with Crippen molar-refractivity contribution in [3.63, 3.8) is 0 Å². The number of carbonyl (C=O) groups excluding carboxylic acids is 1. The maximum Gasteiger partial charge on any atom is 0.416 e. The van der Waals surface area contributed by atoms with Crippen molar-refractivity contribution in [2.24, 2.45) is 0 Å². The van der Waals surface area contributed by atoms with Crippen LogP contribution in [0.4, 0.5) is 24.5 Å². The Balaban J connectivity index is 1.92. The fourth-order valence-electron chi connectivity index (χ4n) is 2.10. The third-order valence-electron chi connectivity index (χ3n) is 3.34. The Labute approximate surface area is 132 Å². The maximum absolute atomic E-state index is 12.5. The summed E-state index contributed by atoms with van der Waals surface area (Å²) in [6.45, 7) is 1.97. The lowest BCUT2D eigenvalue weighted by molar-refractivity contribution is -0.137. The van der Waals surface area contributed by atoms with Crippen LogP contribution in [0.1, 0.15) is 18.1 Å². The van der Waals surface area contributed by atoms with Crippen molar-refractivity contribution in [3.8, 4) is 0 Å². The van der Waals surface area contributed by atoms with Gasteiger partial charge in [0.1, 0.15) is 0 Å². The molecule has 2 aromatic rings. The fourth-order valence-corrected chi connectivity index (χ4v) is 2.10. The highest BCUT2D eigenvalue weighted by molar-refractivity contribution is 5.94. The second kappa shape index (κ2) is 7.17. The van der Waals surface area contributed by atoms with Crippen molar-refractivity contribution in [3.05, 3.63) is 59.7 Å². The molecule has 0 atom stereocenters. The van der Waals surface area contributed by atoms with Crippen LogP contribution in [-0.2, 0) is 17.4 Å². The van der Waals surface area contributed by atoms with Gasteiger partial charge in [-0.2, -0.15) is 13.2 Å². The lowest BCUT2D eigenvalue weighted by atomic mass is 10.1. The molecule has 0 aliphatic rings. The molecule has 0 saturated heterocycles. The van der Waals surface area contributed by atoms with Gasteiger partial charge in [-0.05, 0) is 42.3 Å². The van der Waals surface area contributed by atoms with Crippen molar-refractivity contribution < 1.29 is 18.0 Å². The lowest BCUT2D eigenvalue weighted by Gasteiger charge is -2.11. The number of hydrogen-bond donors (Lipinski definition) is 2. The van der Waals surface area contributed by atoms with E-state index in [-0.39, 0.29) is 12.5 Å². The summed E-state index contributed by atoms with van der Waals surface area (Å²) < 4.78 is 37.4. The number of alkyl halides is 3. The molecule has 0 radical (unpaired) electrons. The second-order valence-electron chi connectivity index (χ2n) is 4.99. The zero-order chi connectivity index (χ0) is 16.9. The quantitative estimate of drug-likeness (QED) is 0.861. The van der Waals surface area contributed by atoms with E-state index in [0.717, 1.165) is 29.8 Å². The van der Waals surface area contributed by atoms with Crippen LogP contribution < -0.4 is 10.6 Å². The molecular formula is C17H17F3N2O. The highest BCUT2D eigenvalue weighted by Gasteiger charge is 2.29. The Bertz CT molecular complexity index is 666. The van der Waals surface area contributed by atoms with Crippen molar-refractivity contribution in [2.45, 2.75) is 19.5 Å². The fraction of sp³-hybridized carbons (Fsp3) is 0.235. The first-order valence-electron chi connectivity index (χ1n) is 7.19. The van der Waals surface area contributed by atoms with Gasteiger partial charge in [-0.25, -0.2) is 0 Å². The van der Waals surface area contributed by atoms with E-state index in [9.17, 15) is 18.0 Å². The molecule has 2 aromatic carbocycles. The van der Waals surface area contributed by atoms with Gasteiger partial charge in [0.05, 0.1) is 12.1 Å². The van der Waals surface area contributed by atoms with Gasteiger partial charge in [0.15, 0.2) is 0 Å². The van der Waals surface area contributed by atoms with E-state index in [1.807, 2.05) is 31.2 Å². The first-order chi connectivity index (χ1) is 10.9. The van der Waals surface area contributed by atoms with E-state index in [1.165, 1.54) is 12.1 Å². The third kappa shape index (κ3) is 4.74. The SMILES string of the molecule is CCc1ccccc1NC(=O)CNc1ccc(C(F)(F)F)cc1. The summed E-state index contributed by atoms with van der Waals surface area (Å²) in [4.78, 5) is 11.9. The second-order valence-corrected chi connectivity index (χ2v) is 4.99. The minimum absolute atomic E-state index is 0.0244. The standard InChI is InChI=1S/C17H17F3N2O/c1-2-12-5-3-4-6-15(12)22-16(23)11-21-14-9-7-13(8-10-14)17(18,19)20/h3-10,21H,2,11H2,1H3,(H,22,23). The van der Waals surface area contributed by atoms with E-state index >= 15 is 0 Å². The van der Waals surface area contributed by atoms with Gasteiger partial charge in [-0.15, -0.1) is 0 Å². The largest absolute Gasteiger partial charge is 0.416 e. The van der Waals surface area contributed by atoms with Gasteiger partial charge in [0.25, 0.3) is 0 Å². The summed E-state index contributed by atoms with van der Waals surface area (Å²) in [5, 5.41) is 5.59.